The molecule has 10 heteroatoms. The van der Waals surface area contributed by atoms with Gasteiger partial charge < -0.3 is 10.2 Å². The maximum atomic E-state index is 15.1. The molecule has 1 aliphatic heterocycles. The predicted molar refractivity (Wildman–Crippen MR) is 143 cm³/mol. The SMILES string of the molecule is CCN1CCN(Cc2ccc(Nc3ncc(F)c(-c4cc(F)c5nn(CC)c(C6CC6)c5c4)n3)nc2)CC1. The van der Waals surface area contributed by atoms with Gasteiger partial charge >= 0.3 is 0 Å². The number of aromatic nitrogens is 5. The van der Waals surface area contributed by atoms with Crippen molar-refractivity contribution in [3.05, 3.63) is 59.6 Å². The molecule has 1 aliphatic carbocycles. The summed E-state index contributed by atoms with van der Waals surface area (Å²) < 4.78 is 31.8. The normalized spacial score (nSPS) is 16.8. The molecule has 3 aromatic heterocycles. The lowest BCUT2D eigenvalue weighted by atomic mass is 10.1. The number of fused-ring (bicyclic) bond motifs is 1. The number of anilines is 2. The Hall–Kier alpha value is -3.50. The summed E-state index contributed by atoms with van der Waals surface area (Å²) in [5, 5.41) is 8.25. The highest BCUT2D eigenvalue weighted by Gasteiger charge is 2.31. The fourth-order valence-electron chi connectivity index (χ4n) is 5.23. The summed E-state index contributed by atoms with van der Waals surface area (Å²) in [6, 6.07) is 7.00. The van der Waals surface area contributed by atoms with Crippen molar-refractivity contribution in [2.24, 2.45) is 0 Å². The highest BCUT2D eigenvalue weighted by Crippen LogP contribution is 2.44. The molecule has 2 aliphatic rings. The van der Waals surface area contributed by atoms with E-state index >= 15 is 4.39 Å². The average Bonchev–Trinajstić information content (AvgIpc) is 3.70. The molecule has 4 heterocycles. The van der Waals surface area contributed by atoms with Crippen LogP contribution in [0.1, 0.15) is 43.9 Å². The molecule has 0 amide bonds. The van der Waals surface area contributed by atoms with Crippen molar-refractivity contribution in [2.75, 3.05) is 38.0 Å². The van der Waals surface area contributed by atoms with Crippen molar-refractivity contribution >= 4 is 22.7 Å². The fourth-order valence-corrected chi connectivity index (χ4v) is 5.23. The quantitative estimate of drug-likeness (QED) is 0.354. The van der Waals surface area contributed by atoms with E-state index in [0.717, 1.165) is 75.0 Å². The Morgan fingerprint density at radius 2 is 1.71 bits per heavy atom. The van der Waals surface area contributed by atoms with E-state index in [1.54, 1.807) is 6.07 Å². The van der Waals surface area contributed by atoms with Gasteiger partial charge in [-0.15, -0.1) is 0 Å². The molecule has 8 nitrogen and oxygen atoms in total. The Morgan fingerprint density at radius 3 is 2.39 bits per heavy atom. The summed E-state index contributed by atoms with van der Waals surface area (Å²) in [6.07, 6.45) is 5.06. The number of aryl methyl sites for hydroxylation is 1. The smallest absolute Gasteiger partial charge is 0.229 e. The summed E-state index contributed by atoms with van der Waals surface area (Å²) in [6.45, 7) is 11.1. The zero-order valence-corrected chi connectivity index (χ0v) is 21.8. The Bertz CT molecular complexity index is 1440. The predicted octanol–water partition coefficient (Wildman–Crippen LogP) is 4.94. The van der Waals surface area contributed by atoms with E-state index in [0.29, 0.717) is 29.4 Å². The lowest BCUT2D eigenvalue weighted by Gasteiger charge is -2.33. The highest BCUT2D eigenvalue weighted by molar-refractivity contribution is 5.87. The van der Waals surface area contributed by atoms with Crippen LogP contribution in [0, 0.1) is 11.6 Å². The van der Waals surface area contributed by atoms with Crippen molar-refractivity contribution in [3.8, 4) is 11.3 Å². The zero-order valence-electron chi connectivity index (χ0n) is 21.8. The second-order valence-corrected chi connectivity index (χ2v) is 10.1. The summed E-state index contributed by atoms with van der Waals surface area (Å²) in [5.41, 5.74) is 2.87. The molecule has 0 radical (unpaired) electrons. The van der Waals surface area contributed by atoms with Crippen LogP contribution in [-0.4, -0.2) is 67.3 Å². The molecular weight excluding hydrogens is 486 g/mol. The van der Waals surface area contributed by atoms with Gasteiger partial charge in [0.05, 0.1) is 6.20 Å². The van der Waals surface area contributed by atoms with Gasteiger partial charge in [-0.05, 0) is 50.1 Å². The van der Waals surface area contributed by atoms with E-state index in [2.05, 4.69) is 42.1 Å². The third kappa shape index (κ3) is 4.98. The molecular formula is C28H32F2N8. The lowest BCUT2D eigenvalue weighted by molar-refractivity contribution is 0.132. The van der Waals surface area contributed by atoms with Crippen LogP contribution >= 0.6 is 0 Å². The standard InChI is InChI=1S/C28H32F2N8/c1-3-36-9-11-37(12-10-36)17-18-5-8-24(31-15-18)33-28-32-16-23(30)25(34-28)20-13-21-26(22(29)14-20)35-38(4-2)27(21)19-6-7-19/h5,8,13-16,19H,3-4,6-7,9-12,17H2,1-2H3,(H,31,32,33,34). The van der Waals surface area contributed by atoms with Crippen molar-refractivity contribution < 1.29 is 8.78 Å². The number of nitrogens with zero attached hydrogens (tertiary/aromatic N) is 7. The molecule has 1 saturated carbocycles. The Morgan fingerprint density at radius 1 is 0.921 bits per heavy atom. The van der Waals surface area contributed by atoms with Crippen LogP contribution < -0.4 is 5.32 Å². The van der Waals surface area contributed by atoms with Crippen molar-refractivity contribution in [2.45, 2.75) is 45.7 Å². The maximum Gasteiger partial charge on any atom is 0.229 e. The van der Waals surface area contributed by atoms with Gasteiger partial charge in [0.2, 0.25) is 5.95 Å². The van der Waals surface area contributed by atoms with Gasteiger partial charge in [0.1, 0.15) is 17.0 Å². The maximum absolute atomic E-state index is 15.1. The highest BCUT2D eigenvalue weighted by atomic mass is 19.1. The summed E-state index contributed by atoms with van der Waals surface area (Å²) in [7, 11) is 0. The van der Waals surface area contributed by atoms with Crippen molar-refractivity contribution in [3.63, 3.8) is 0 Å². The zero-order chi connectivity index (χ0) is 26.2. The minimum Gasteiger partial charge on any atom is -0.309 e. The molecule has 0 unspecified atom stereocenters. The molecule has 0 atom stereocenters. The van der Waals surface area contributed by atoms with Gasteiger partial charge in [-0.1, -0.05) is 13.0 Å². The first-order valence-corrected chi connectivity index (χ1v) is 13.4. The summed E-state index contributed by atoms with van der Waals surface area (Å²) in [5.74, 6) is 0.0367. The Balaban J connectivity index is 1.21. The first-order valence-electron chi connectivity index (χ1n) is 13.4. The number of hydrogen-bond donors (Lipinski definition) is 1. The second kappa shape index (κ2) is 10.3. The molecule has 198 valence electrons. The number of benzene rings is 1. The number of piperazine rings is 1. The number of halogens is 2. The van der Waals surface area contributed by atoms with Crippen molar-refractivity contribution in [1.82, 2.24) is 34.5 Å². The Kier molecular flexibility index (Phi) is 6.75. The van der Waals surface area contributed by atoms with E-state index in [9.17, 15) is 4.39 Å². The molecule has 0 bridgehead atoms. The molecule has 6 rings (SSSR count). The number of nitrogens with one attached hydrogen (secondary N) is 1. The molecule has 38 heavy (non-hydrogen) atoms. The first-order chi connectivity index (χ1) is 18.5. The van der Waals surface area contributed by atoms with E-state index in [4.69, 9.17) is 0 Å². The molecule has 1 aromatic carbocycles. The number of pyridine rings is 1. The minimum atomic E-state index is -0.614. The van der Waals surface area contributed by atoms with Gasteiger partial charge in [-0.25, -0.2) is 23.7 Å². The lowest BCUT2D eigenvalue weighted by Crippen LogP contribution is -2.45. The molecule has 1 N–H and O–H groups in total. The molecule has 1 saturated heterocycles. The molecule has 0 spiro atoms. The van der Waals surface area contributed by atoms with E-state index in [1.807, 2.05) is 29.9 Å². The molecule has 2 fully saturated rings. The second-order valence-electron chi connectivity index (χ2n) is 10.1. The average molecular weight is 519 g/mol. The third-order valence-electron chi connectivity index (χ3n) is 7.50. The van der Waals surface area contributed by atoms with Gasteiger partial charge in [0.15, 0.2) is 11.6 Å². The van der Waals surface area contributed by atoms with Crippen LogP contribution in [0.15, 0.2) is 36.7 Å². The van der Waals surface area contributed by atoms with Gasteiger partial charge in [-0.2, -0.15) is 5.10 Å². The van der Waals surface area contributed by atoms with Crippen LogP contribution in [0.5, 0.6) is 0 Å². The Labute approximate surface area is 220 Å². The number of rotatable bonds is 8. The van der Waals surface area contributed by atoms with Crippen LogP contribution in [0.25, 0.3) is 22.2 Å². The van der Waals surface area contributed by atoms with Crippen LogP contribution in [-0.2, 0) is 13.1 Å². The van der Waals surface area contributed by atoms with Crippen LogP contribution in [0.3, 0.4) is 0 Å². The van der Waals surface area contributed by atoms with Gasteiger partial charge in [-0.3, -0.25) is 9.58 Å². The minimum absolute atomic E-state index is 0.0390. The number of hydrogen-bond acceptors (Lipinski definition) is 7. The summed E-state index contributed by atoms with van der Waals surface area (Å²) >= 11 is 0. The topological polar surface area (TPSA) is 75.0 Å². The van der Waals surface area contributed by atoms with E-state index < -0.39 is 11.6 Å². The van der Waals surface area contributed by atoms with Crippen LogP contribution in [0.2, 0.25) is 0 Å². The monoisotopic (exact) mass is 518 g/mol. The number of likely N-dealkylation sites (N-methyl/N-ethyl adjacent to an activating group) is 1. The fraction of sp³-hybridized carbons (Fsp3) is 0.429. The largest absolute Gasteiger partial charge is 0.309 e. The first kappa shape index (κ1) is 24.8. The van der Waals surface area contributed by atoms with Crippen LogP contribution in [0.4, 0.5) is 20.5 Å². The molecule has 4 aromatic rings. The van der Waals surface area contributed by atoms with Crippen molar-refractivity contribution in [1.29, 1.82) is 0 Å². The van der Waals surface area contributed by atoms with E-state index in [1.165, 1.54) is 6.07 Å². The summed E-state index contributed by atoms with van der Waals surface area (Å²) in [4.78, 5) is 17.9. The van der Waals surface area contributed by atoms with Gasteiger partial charge in [0, 0.05) is 68.0 Å². The third-order valence-corrected chi connectivity index (χ3v) is 7.50. The van der Waals surface area contributed by atoms with E-state index in [-0.39, 0.29) is 11.6 Å². The van der Waals surface area contributed by atoms with Gasteiger partial charge in [0.25, 0.3) is 0 Å².